The quantitative estimate of drug-likeness (QED) is 0.896. The molecule has 3 heterocycles. The van der Waals surface area contributed by atoms with Gasteiger partial charge in [0.05, 0.1) is 18.8 Å². The molecule has 116 valence electrons. The molecule has 0 saturated carbocycles. The van der Waals surface area contributed by atoms with Gasteiger partial charge < -0.3 is 14.6 Å². The Morgan fingerprint density at radius 1 is 1.38 bits per heavy atom. The number of methoxy groups -OCH3 is 1. The van der Waals surface area contributed by atoms with Crippen molar-refractivity contribution in [2.75, 3.05) is 26.8 Å². The summed E-state index contributed by atoms with van der Waals surface area (Å²) in [6.07, 6.45) is 6.93. The van der Waals surface area contributed by atoms with Crippen molar-refractivity contribution in [3.05, 3.63) is 18.0 Å². The van der Waals surface area contributed by atoms with Crippen LogP contribution < -0.4 is 4.74 Å². The van der Waals surface area contributed by atoms with E-state index in [2.05, 4.69) is 14.9 Å². The minimum atomic E-state index is -0.308. The van der Waals surface area contributed by atoms with Gasteiger partial charge in [-0.1, -0.05) is 0 Å². The molecule has 6 heteroatoms. The van der Waals surface area contributed by atoms with Gasteiger partial charge in [-0.25, -0.2) is 9.97 Å². The summed E-state index contributed by atoms with van der Waals surface area (Å²) in [5.74, 6) is 0. The van der Waals surface area contributed by atoms with Gasteiger partial charge in [-0.2, -0.15) is 0 Å². The van der Waals surface area contributed by atoms with Crippen LogP contribution in [0.5, 0.6) is 6.01 Å². The lowest BCUT2D eigenvalue weighted by atomic mass is 9.82. The molecule has 2 saturated heterocycles. The second kappa shape index (κ2) is 6.25. The predicted octanol–water partition coefficient (Wildman–Crippen LogP) is 0.991. The zero-order valence-electron chi connectivity index (χ0n) is 12.5. The van der Waals surface area contributed by atoms with Crippen molar-refractivity contribution in [2.45, 2.75) is 43.9 Å². The van der Waals surface area contributed by atoms with E-state index < -0.39 is 0 Å². The predicted molar refractivity (Wildman–Crippen MR) is 77.0 cm³/mol. The van der Waals surface area contributed by atoms with Gasteiger partial charge in [-0.3, -0.25) is 4.90 Å². The molecule has 0 aliphatic carbocycles. The Morgan fingerprint density at radius 3 is 2.71 bits per heavy atom. The maximum absolute atomic E-state index is 10.2. The highest BCUT2D eigenvalue weighted by molar-refractivity contribution is 5.08. The number of aliphatic hydroxyl groups is 1. The summed E-state index contributed by atoms with van der Waals surface area (Å²) in [7, 11) is 1.56. The van der Waals surface area contributed by atoms with Crippen LogP contribution in [0.3, 0.4) is 0 Å². The Hall–Kier alpha value is -1.24. The van der Waals surface area contributed by atoms with E-state index in [1.807, 2.05) is 12.4 Å². The third-order valence-corrected chi connectivity index (χ3v) is 4.59. The number of ether oxygens (including phenoxy) is 2. The van der Waals surface area contributed by atoms with E-state index >= 15 is 0 Å². The van der Waals surface area contributed by atoms with Crippen molar-refractivity contribution >= 4 is 0 Å². The molecular weight excluding hydrogens is 270 g/mol. The number of hydrogen-bond acceptors (Lipinski definition) is 6. The molecule has 0 radical (unpaired) electrons. The number of likely N-dealkylation sites (tertiary alicyclic amines) is 1. The highest BCUT2D eigenvalue weighted by Crippen LogP contribution is 2.35. The Bertz CT molecular complexity index is 458. The van der Waals surface area contributed by atoms with Crippen LogP contribution in [0, 0.1) is 0 Å². The number of hydrogen-bond donors (Lipinski definition) is 1. The monoisotopic (exact) mass is 293 g/mol. The lowest BCUT2D eigenvalue weighted by Gasteiger charge is -2.46. The van der Waals surface area contributed by atoms with Crippen molar-refractivity contribution in [1.82, 2.24) is 14.9 Å². The van der Waals surface area contributed by atoms with E-state index in [4.69, 9.17) is 9.47 Å². The third kappa shape index (κ3) is 3.17. The van der Waals surface area contributed by atoms with E-state index in [9.17, 15) is 5.11 Å². The second-order valence-electron chi connectivity index (χ2n) is 5.93. The first-order valence-electron chi connectivity index (χ1n) is 7.61. The summed E-state index contributed by atoms with van der Waals surface area (Å²) in [6, 6.07) is 0.398. The lowest BCUT2D eigenvalue weighted by Crippen LogP contribution is -2.55. The van der Waals surface area contributed by atoms with Crippen LogP contribution in [-0.2, 0) is 11.3 Å². The van der Waals surface area contributed by atoms with Crippen molar-refractivity contribution in [3.8, 4) is 6.01 Å². The Morgan fingerprint density at radius 2 is 2.10 bits per heavy atom. The van der Waals surface area contributed by atoms with E-state index in [1.54, 1.807) is 7.11 Å². The third-order valence-electron chi connectivity index (χ3n) is 4.59. The average molecular weight is 293 g/mol. The smallest absolute Gasteiger partial charge is 0.316 e. The molecule has 1 aromatic rings. The average Bonchev–Trinajstić information content (AvgIpc) is 2.53. The summed E-state index contributed by atoms with van der Waals surface area (Å²) in [4.78, 5) is 10.6. The topological polar surface area (TPSA) is 67.7 Å². The number of aliphatic hydroxyl groups excluding tert-OH is 1. The number of rotatable bonds is 3. The lowest BCUT2D eigenvalue weighted by molar-refractivity contribution is -0.177. The highest BCUT2D eigenvalue weighted by atomic mass is 16.5. The first-order valence-corrected chi connectivity index (χ1v) is 7.61. The normalized spacial score (nSPS) is 25.9. The molecule has 1 aromatic heterocycles. The van der Waals surface area contributed by atoms with Gasteiger partial charge in [0.1, 0.15) is 0 Å². The van der Waals surface area contributed by atoms with Crippen LogP contribution in [0.15, 0.2) is 12.4 Å². The fourth-order valence-corrected chi connectivity index (χ4v) is 3.27. The molecule has 1 atom stereocenters. The first kappa shape index (κ1) is 14.7. The molecule has 3 rings (SSSR count). The zero-order chi connectivity index (χ0) is 14.7. The molecule has 1 N–H and O–H groups in total. The van der Waals surface area contributed by atoms with Gasteiger partial charge in [0, 0.05) is 44.2 Å². The van der Waals surface area contributed by atoms with Crippen LogP contribution in [0.1, 0.15) is 31.2 Å². The molecule has 1 unspecified atom stereocenters. The SMILES string of the molecule is COc1ncc(CN2CCC3(CC2)OCCCC3O)cn1. The first-order chi connectivity index (χ1) is 10.2. The molecule has 0 aromatic carbocycles. The molecule has 2 fully saturated rings. The van der Waals surface area contributed by atoms with Crippen LogP contribution in [0.25, 0.3) is 0 Å². The van der Waals surface area contributed by atoms with Crippen molar-refractivity contribution in [1.29, 1.82) is 0 Å². The summed E-state index contributed by atoms with van der Waals surface area (Å²) in [6.45, 7) is 3.48. The van der Waals surface area contributed by atoms with Gasteiger partial charge in [-0.05, 0) is 25.7 Å². The summed E-state index contributed by atoms with van der Waals surface area (Å²) >= 11 is 0. The van der Waals surface area contributed by atoms with Gasteiger partial charge in [-0.15, -0.1) is 0 Å². The van der Waals surface area contributed by atoms with E-state index in [0.717, 1.165) is 57.5 Å². The second-order valence-corrected chi connectivity index (χ2v) is 5.93. The van der Waals surface area contributed by atoms with Crippen molar-refractivity contribution in [2.24, 2.45) is 0 Å². The Labute approximate surface area is 125 Å². The van der Waals surface area contributed by atoms with Crippen LogP contribution in [0.2, 0.25) is 0 Å². The number of aromatic nitrogens is 2. The molecule has 2 aliphatic rings. The highest BCUT2D eigenvalue weighted by Gasteiger charge is 2.43. The fraction of sp³-hybridized carbons (Fsp3) is 0.733. The molecule has 6 nitrogen and oxygen atoms in total. The fourth-order valence-electron chi connectivity index (χ4n) is 3.27. The van der Waals surface area contributed by atoms with Gasteiger partial charge >= 0.3 is 6.01 Å². The summed E-state index contributed by atoms with van der Waals surface area (Å²) < 4.78 is 10.9. The van der Waals surface area contributed by atoms with Crippen molar-refractivity contribution in [3.63, 3.8) is 0 Å². The van der Waals surface area contributed by atoms with Crippen molar-refractivity contribution < 1.29 is 14.6 Å². The number of nitrogens with zero attached hydrogens (tertiary/aromatic N) is 3. The summed E-state index contributed by atoms with van der Waals surface area (Å²) in [5.41, 5.74) is 0.780. The minimum absolute atomic E-state index is 0.300. The molecule has 2 aliphatic heterocycles. The summed E-state index contributed by atoms with van der Waals surface area (Å²) in [5, 5.41) is 10.2. The van der Waals surface area contributed by atoms with Crippen LogP contribution in [0.4, 0.5) is 0 Å². The molecule has 0 amide bonds. The van der Waals surface area contributed by atoms with Crippen LogP contribution in [-0.4, -0.2) is 58.5 Å². The molecule has 21 heavy (non-hydrogen) atoms. The minimum Gasteiger partial charge on any atom is -0.467 e. The molecule has 0 bridgehead atoms. The van der Waals surface area contributed by atoms with E-state index in [-0.39, 0.29) is 11.7 Å². The molecule has 1 spiro atoms. The van der Waals surface area contributed by atoms with E-state index in [1.165, 1.54) is 0 Å². The van der Waals surface area contributed by atoms with E-state index in [0.29, 0.717) is 6.01 Å². The maximum Gasteiger partial charge on any atom is 0.316 e. The van der Waals surface area contributed by atoms with Gasteiger partial charge in [0.15, 0.2) is 0 Å². The van der Waals surface area contributed by atoms with Gasteiger partial charge in [0.2, 0.25) is 0 Å². The number of piperidine rings is 1. The standard InChI is InChI=1S/C15H23N3O3/c1-20-14-16-9-12(10-17-14)11-18-6-4-15(5-7-18)13(19)3-2-8-21-15/h9-10,13,19H,2-8,11H2,1H3. The molecular formula is C15H23N3O3. The maximum atomic E-state index is 10.2. The largest absolute Gasteiger partial charge is 0.467 e. The Balaban J connectivity index is 1.55. The Kier molecular flexibility index (Phi) is 4.37. The zero-order valence-corrected chi connectivity index (χ0v) is 12.5. The van der Waals surface area contributed by atoms with Crippen LogP contribution >= 0.6 is 0 Å². The van der Waals surface area contributed by atoms with Gasteiger partial charge in [0.25, 0.3) is 0 Å².